The summed E-state index contributed by atoms with van der Waals surface area (Å²) in [6.45, 7) is 2.71. The van der Waals surface area contributed by atoms with Crippen LogP contribution in [0, 0.1) is 11.3 Å². The highest BCUT2D eigenvalue weighted by atomic mass is 16.4. The van der Waals surface area contributed by atoms with Gasteiger partial charge in [0.25, 0.3) is 0 Å². The lowest BCUT2D eigenvalue weighted by molar-refractivity contribution is -0.135. The SMILES string of the molecule is CCCCC1C=CCC12CCN(C(=O)O)CC2=O. The van der Waals surface area contributed by atoms with Gasteiger partial charge < -0.3 is 10.0 Å². The summed E-state index contributed by atoms with van der Waals surface area (Å²) in [5.41, 5.74) is -0.291. The molecular formula is C14H21NO3. The molecule has 2 unspecified atom stereocenters. The second kappa shape index (κ2) is 5.12. The Morgan fingerprint density at radius 3 is 3.00 bits per heavy atom. The first kappa shape index (κ1) is 13.1. The Hall–Kier alpha value is -1.32. The monoisotopic (exact) mass is 251 g/mol. The molecule has 1 fully saturated rings. The number of carbonyl (C=O) groups is 2. The summed E-state index contributed by atoms with van der Waals surface area (Å²) in [6, 6.07) is 0. The van der Waals surface area contributed by atoms with Crippen molar-refractivity contribution in [3.8, 4) is 0 Å². The smallest absolute Gasteiger partial charge is 0.407 e. The number of unbranched alkanes of at least 4 members (excludes halogenated alkanes) is 1. The number of piperidine rings is 1. The van der Waals surface area contributed by atoms with E-state index in [0.717, 1.165) is 25.7 Å². The molecular weight excluding hydrogens is 230 g/mol. The number of carboxylic acid groups (broad SMARTS) is 1. The number of hydrogen-bond donors (Lipinski definition) is 1. The van der Waals surface area contributed by atoms with Crippen LogP contribution >= 0.6 is 0 Å². The van der Waals surface area contributed by atoms with Crippen LogP contribution < -0.4 is 0 Å². The van der Waals surface area contributed by atoms with E-state index in [1.807, 2.05) is 0 Å². The molecule has 1 aliphatic carbocycles. The Labute approximate surface area is 108 Å². The number of nitrogens with zero attached hydrogens (tertiary/aromatic N) is 1. The molecule has 2 rings (SSSR count). The molecule has 18 heavy (non-hydrogen) atoms. The van der Waals surface area contributed by atoms with Crippen LogP contribution in [0.5, 0.6) is 0 Å². The van der Waals surface area contributed by atoms with E-state index in [0.29, 0.717) is 18.9 Å². The van der Waals surface area contributed by atoms with Gasteiger partial charge >= 0.3 is 6.09 Å². The third-order valence-corrected chi connectivity index (χ3v) is 4.42. The standard InChI is InChI=1S/C14H21NO3/c1-2-3-5-11-6-4-7-14(11)8-9-15(13(17)18)10-12(14)16/h4,6,11H,2-3,5,7-10H2,1H3,(H,17,18). The van der Waals surface area contributed by atoms with E-state index in [-0.39, 0.29) is 17.7 Å². The zero-order valence-corrected chi connectivity index (χ0v) is 10.9. The van der Waals surface area contributed by atoms with Crippen molar-refractivity contribution in [2.24, 2.45) is 11.3 Å². The largest absolute Gasteiger partial charge is 0.465 e. The van der Waals surface area contributed by atoms with E-state index in [1.165, 1.54) is 4.90 Å². The maximum absolute atomic E-state index is 12.4. The van der Waals surface area contributed by atoms with Crippen molar-refractivity contribution in [2.75, 3.05) is 13.1 Å². The van der Waals surface area contributed by atoms with E-state index in [2.05, 4.69) is 19.1 Å². The Kier molecular flexibility index (Phi) is 3.73. The molecule has 100 valence electrons. The predicted molar refractivity (Wildman–Crippen MR) is 68.4 cm³/mol. The van der Waals surface area contributed by atoms with Gasteiger partial charge in [-0.2, -0.15) is 0 Å². The average molecular weight is 251 g/mol. The summed E-state index contributed by atoms with van der Waals surface area (Å²) in [6.07, 6.45) is 8.09. The first-order chi connectivity index (χ1) is 8.60. The second-order valence-electron chi connectivity index (χ2n) is 5.41. The molecule has 0 aromatic heterocycles. The fraction of sp³-hybridized carbons (Fsp3) is 0.714. The Balaban J connectivity index is 2.08. The molecule has 1 spiro atoms. The average Bonchev–Trinajstić information content (AvgIpc) is 2.74. The van der Waals surface area contributed by atoms with E-state index < -0.39 is 6.09 Å². The van der Waals surface area contributed by atoms with Gasteiger partial charge in [-0.05, 0) is 25.2 Å². The lowest BCUT2D eigenvalue weighted by Gasteiger charge is -2.41. The lowest BCUT2D eigenvalue weighted by Crippen LogP contribution is -2.51. The van der Waals surface area contributed by atoms with Gasteiger partial charge in [-0.25, -0.2) is 4.79 Å². The molecule has 4 nitrogen and oxygen atoms in total. The number of likely N-dealkylation sites (tertiary alicyclic amines) is 1. The Morgan fingerprint density at radius 2 is 2.39 bits per heavy atom. The second-order valence-corrected chi connectivity index (χ2v) is 5.41. The molecule has 0 aromatic carbocycles. The first-order valence-electron chi connectivity index (χ1n) is 6.78. The van der Waals surface area contributed by atoms with E-state index >= 15 is 0 Å². The highest BCUT2D eigenvalue weighted by Gasteiger charge is 2.48. The van der Waals surface area contributed by atoms with Crippen molar-refractivity contribution < 1.29 is 14.7 Å². The predicted octanol–water partition coefficient (Wildman–Crippen LogP) is 2.69. The van der Waals surface area contributed by atoms with Crippen molar-refractivity contribution in [1.82, 2.24) is 4.90 Å². The normalized spacial score (nSPS) is 31.3. The summed E-state index contributed by atoms with van der Waals surface area (Å²) in [5.74, 6) is 0.433. The zero-order valence-electron chi connectivity index (χ0n) is 10.9. The van der Waals surface area contributed by atoms with Crippen molar-refractivity contribution in [3.05, 3.63) is 12.2 Å². The minimum absolute atomic E-state index is 0.0691. The van der Waals surface area contributed by atoms with Crippen LogP contribution in [0.2, 0.25) is 0 Å². The Bertz CT molecular complexity index is 377. The van der Waals surface area contributed by atoms with Crippen molar-refractivity contribution in [2.45, 2.75) is 39.0 Å². The molecule has 2 atom stereocenters. The highest BCUT2D eigenvalue weighted by molar-refractivity contribution is 5.91. The van der Waals surface area contributed by atoms with Crippen LogP contribution in [0.3, 0.4) is 0 Å². The fourth-order valence-electron chi connectivity index (χ4n) is 3.23. The van der Waals surface area contributed by atoms with Gasteiger partial charge in [0, 0.05) is 12.0 Å². The van der Waals surface area contributed by atoms with Crippen LogP contribution in [0.25, 0.3) is 0 Å². The number of ketones is 1. The number of hydrogen-bond acceptors (Lipinski definition) is 2. The van der Waals surface area contributed by atoms with Gasteiger partial charge in [0.15, 0.2) is 5.78 Å². The number of rotatable bonds is 3. The quantitative estimate of drug-likeness (QED) is 0.784. The summed E-state index contributed by atoms with van der Waals surface area (Å²) in [4.78, 5) is 24.5. The summed E-state index contributed by atoms with van der Waals surface area (Å²) in [5, 5.41) is 8.95. The number of allylic oxidation sites excluding steroid dienone is 2. The van der Waals surface area contributed by atoms with Crippen LogP contribution in [-0.2, 0) is 4.79 Å². The molecule has 1 saturated heterocycles. The molecule has 0 saturated carbocycles. The summed E-state index contributed by atoms with van der Waals surface area (Å²) < 4.78 is 0. The third-order valence-electron chi connectivity index (χ3n) is 4.42. The van der Waals surface area contributed by atoms with Crippen LogP contribution in [0.4, 0.5) is 4.79 Å². The van der Waals surface area contributed by atoms with E-state index in [1.54, 1.807) is 0 Å². The van der Waals surface area contributed by atoms with Crippen LogP contribution in [0.1, 0.15) is 39.0 Å². The molecule has 0 radical (unpaired) electrons. The van der Waals surface area contributed by atoms with Crippen molar-refractivity contribution >= 4 is 11.9 Å². The third kappa shape index (κ3) is 2.16. The lowest BCUT2D eigenvalue weighted by atomic mass is 9.67. The topological polar surface area (TPSA) is 57.6 Å². The zero-order chi connectivity index (χ0) is 13.2. The van der Waals surface area contributed by atoms with Crippen LogP contribution in [0.15, 0.2) is 12.2 Å². The van der Waals surface area contributed by atoms with Gasteiger partial charge in [0.1, 0.15) is 0 Å². The molecule has 1 N–H and O–H groups in total. The minimum atomic E-state index is -0.978. The molecule has 0 bridgehead atoms. The van der Waals surface area contributed by atoms with Gasteiger partial charge in [0.2, 0.25) is 0 Å². The summed E-state index contributed by atoms with van der Waals surface area (Å²) in [7, 11) is 0. The van der Waals surface area contributed by atoms with Crippen molar-refractivity contribution in [3.63, 3.8) is 0 Å². The molecule has 2 aliphatic rings. The minimum Gasteiger partial charge on any atom is -0.465 e. The van der Waals surface area contributed by atoms with Gasteiger partial charge in [-0.15, -0.1) is 0 Å². The number of carbonyl (C=O) groups excluding carboxylic acids is 1. The fourth-order valence-corrected chi connectivity index (χ4v) is 3.23. The van der Waals surface area contributed by atoms with Crippen LogP contribution in [-0.4, -0.2) is 35.0 Å². The van der Waals surface area contributed by atoms with E-state index in [4.69, 9.17) is 5.11 Å². The number of Topliss-reactive ketones (excluding diaryl/α,β-unsaturated/α-hetero) is 1. The molecule has 4 heteroatoms. The molecule has 1 amide bonds. The maximum atomic E-state index is 12.4. The highest BCUT2D eigenvalue weighted by Crippen LogP contribution is 2.46. The summed E-state index contributed by atoms with van der Waals surface area (Å²) >= 11 is 0. The van der Waals surface area contributed by atoms with Gasteiger partial charge in [-0.3, -0.25) is 4.79 Å². The van der Waals surface area contributed by atoms with Gasteiger partial charge in [0.05, 0.1) is 6.54 Å². The maximum Gasteiger partial charge on any atom is 0.407 e. The Morgan fingerprint density at radius 1 is 1.61 bits per heavy atom. The molecule has 1 aliphatic heterocycles. The van der Waals surface area contributed by atoms with E-state index in [9.17, 15) is 9.59 Å². The van der Waals surface area contributed by atoms with Gasteiger partial charge in [-0.1, -0.05) is 31.9 Å². The number of amides is 1. The first-order valence-corrected chi connectivity index (χ1v) is 6.78. The molecule has 0 aromatic rings. The molecule has 1 heterocycles. The van der Waals surface area contributed by atoms with Crippen molar-refractivity contribution in [1.29, 1.82) is 0 Å².